The van der Waals surface area contributed by atoms with E-state index >= 15 is 0 Å². The number of rotatable bonds is 1. The van der Waals surface area contributed by atoms with Crippen LogP contribution in [-0.4, -0.2) is 6.29 Å². The number of hydrogen-bond donors (Lipinski definition) is 0. The van der Waals surface area contributed by atoms with Crippen LogP contribution in [0, 0.1) is 0 Å². The molecule has 0 fully saturated rings. The van der Waals surface area contributed by atoms with Crippen molar-refractivity contribution in [3.63, 3.8) is 0 Å². The van der Waals surface area contributed by atoms with E-state index in [4.69, 9.17) is 16.0 Å². The van der Waals surface area contributed by atoms with Crippen molar-refractivity contribution in [2.75, 3.05) is 0 Å². The van der Waals surface area contributed by atoms with Gasteiger partial charge in [0, 0.05) is 9.86 Å². The Labute approximate surface area is 87.6 Å². The summed E-state index contributed by atoms with van der Waals surface area (Å²) >= 11 is 9.19. The van der Waals surface area contributed by atoms with E-state index in [1.54, 1.807) is 12.1 Å². The number of fused-ring (bicyclic) bond motifs is 1. The molecule has 0 aliphatic rings. The fourth-order valence-corrected chi connectivity index (χ4v) is 2.03. The van der Waals surface area contributed by atoms with E-state index < -0.39 is 0 Å². The Balaban J connectivity index is 2.82. The zero-order valence-corrected chi connectivity index (χ0v) is 8.72. The second-order valence-corrected chi connectivity index (χ2v) is 3.90. The van der Waals surface area contributed by atoms with Crippen molar-refractivity contribution in [2.24, 2.45) is 0 Å². The van der Waals surface area contributed by atoms with E-state index in [1.165, 1.54) is 0 Å². The van der Waals surface area contributed by atoms with Gasteiger partial charge in [-0.3, -0.25) is 4.79 Å². The summed E-state index contributed by atoms with van der Waals surface area (Å²) in [7, 11) is 0. The molecular formula is C9H4BrClO2. The second-order valence-electron chi connectivity index (χ2n) is 2.57. The standard InChI is InChI=1S/C9H4BrClO2/c10-6-1-5-2-7(4-12)13-9(5)8(11)3-6/h1-4H. The second kappa shape index (κ2) is 3.16. The van der Waals surface area contributed by atoms with Crippen LogP contribution in [0.3, 0.4) is 0 Å². The van der Waals surface area contributed by atoms with Gasteiger partial charge in [0.05, 0.1) is 5.02 Å². The molecule has 0 radical (unpaired) electrons. The predicted octanol–water partition coefficient (Wildman–Crippen LogP) is 3.66. The highest BCUT2D eigenvalue weighted by atomic mass is 79.9. The molecule has 0 atom stereocenters. The van der Waals surface area contributed by atoms with E-state index in [9.17, 15) is 4.79 Å². The van der Waals surface area contributed by atoms with Gasteiger partial charge in [-0.25, -0.2) is 0 Å². The summed E-state index contributed by atoms with van der Waals surface area (Å²) in [5.74, 6) is 0.287. The van der Waals surface area contributed by atoms with Crippen LogP contribution in [0.2, 0.25) is 5.02 Å². The lowest BCUT2D eigenvalue weighted by Gasteiger charge is -1.93. The first-order valence-electron chi connectivity index (χ1n) is 3.54. The van der Waals surface area contributed by atoms with E-state index in [2.05, 4.69) is 15.9 Å². The van der Waals surface area contributed by atoms with Crippen molar-refractivity contribution >= 4 is 44.8 Å². The third-order valence-electron chi connectivity index (χ3n) is 1.67. The van der Waals surface area contributed by atoms with Crippen LogP contribution >= 0.6 is 27.5 Å². The van der Waals surface area contributed by atoms with Gasteiger partial charge in [0.2, 0.25) is 0 Å². The minimum Gasteiger partial charge on any atom is -0.452 e. The largest absolute Gasteiger partial charge is 0.452 e. The van der Waals surface area contributed by atoms with E-state index in [-0.39, 0.29) is 5.76 Å². The van der Waals surface area contributed by atoms with E-state index in [0.29, 0.717) is 16.9 Å². The molecule has 1 aromatic heterocycles. The Kier molecular flexibility index (Phi) is 2.14. The first-order valence-corrected chi connectivity index (χ1v) is 4.71. The van der Waals surface area contributed by atoms with Crippen molar-refractivity contribution in [3.05, 3.63) is 33.5 Å². The van der Waals surface area contributed by atoms with Crippen molar-refractivity contribution < 1.29 is 9.21 Å². The van der Waals surface area contributed by atoms with Gasteiger partial charge in [-0.15, -0.1) is 0 Å². The summed E-state index contributed by atoms with van der Waals surface area (Å²) in [6.07, 6.45) is 0.657. The van der Waals surface area contributed by atoms with E-state index in [1.807, 2.05) is 6.07 Å². The van der Waals surface area contributed by atoms with Gasteiger partial charge in [-0.2, -0.15) is 0 Å². The summed E-state index contributed by atoms with van der Waals surface area (Å²) in [5, 5.41) is 1.32. The average molecular weight is 259 g/mol. The maximum absolute atomic E-state index is 10.4. The monoisotopic (exact) mass is 258 g/mol. The van der Waals surface area contributed by atoms with E-state index in [0.717, 1.165) is 9.86 Å². The van der Waals surface area contributed by atoms with Crippen molar-refractivity contribution in [1.29, 1.82) is 0 Å². The fourth-order valence-electron chi connectivity index (χ4n) is 1.15. The summed E-state index contributed by atoms with van der Waals surface area (Å²) < 4.78 is 6.05. The molecule has 4 heteroatoms. The number of benzene rings is 1. The number of aldehydes is 1. The first kappa shape index (κ1) is 8.78. The molecule has 1 aromatic carbocycles. The lowest BCUT2D eigenvalue weighted by molar-refractivity contribution is 0.110. The smallest absolute Gasteiger partial charge is 0.185 e. The first-order chi connectivity index (χ1) is 6.20. The van der Waals surface area contributed by atoms with Crippen LogP contribution in [-0.2, 0) is 0 Å². The summed E-state index contributed by atoms with van der Waals surface area (Å²) in [4.78, 5) is 10.4. The van der Waals surface area contributed by atoms with Crippen LogP contribution in [0.1, 0.15) is 10.6 Å². The molecular weight excluding hydrogens is 255 g/mol. The normalized spacial score (nSPS) is 10.6. The average Bonchev–Trinajstić information content (AvgIpc) is 2.47. The van der Waals surface area contributed by atoms with Crippen LogP contribution < -0.4 is 0 Å². The zero-order chi connectivity index (χ0) is 9.42. The lowest BCUT2D eigenvalue weighted by Crippen LogP contribution is -1.67. The van der Waals surface area contributed by atoms with Gasteiger partial charge in [0.15, 0.2) is 17.6 Å². The summed E-state index contributed by atoms with van der Waals surface area (Å²) in [6, 6.07) is 5.22. The molecule has 0 bridgehead atoms. The van der Waals surface area contributed by atoms with Crippen molar-refractivity contribution in [3.8, 4) is 0 Å². The topological polar surface area (TPSA) is 30.2 Å². The Morgan fingerprint density at radius 3 is 2.85 bits per heavy atom. The third kappa shape index (κ3) is 1.49. The lowest BCUT2D eigenvalue weighted by atomic mass is 10.2. The summed E-state index contributed by atoms with van der Waals surface area (Å²) in [5.41, 5.74) is 0.548. The van der Waals surface area contributed by atoms with Crippen molar-refractivity contribution in [2.45, 2.75) is 0 Å². The summed E-state index contributed by atoms with van der Waals surface area (Å²) in [6.45, 7) is 0. The molecule has 0 amide bonds. The minimum atomic E-state index is 0.287. The number of carbonyl (C=O) groups is 1. The Morgan fingerprint density at radius 1 is 1.38 bits per heavy atom. The Hall–Kier alpha value is -0.800. The fraction of sp³-hybridized carbons (Fsp3) is 0. The highest BCUT2D eigenvalue weighted by Gasteiger charge is 2.07. The number of carbonyl (C=O) groups excluding carboxylic acids is 1. The molecule has 0 saturated heterocycles. The van der Waals surface area contributed by atoms with Gasteiger partial charge >= 0.3 is 0 Å². The number of hydrogen-bond acceptors (Lipinski definition) is 2. The van der Waals surface area contributed by atoms with Gasteiger partial charge < -0.3 is 4.42 Å². The van der Waals surface area contributed by atoms with Crippen LogP contribution in [0.5, 0.6) is 0 Å². The molecule has 13 heavy (non-hydrogen) atoms. The third-order valence-corrected chi connectivity index (χ3v) is 2.41. The highest BCUT2D eigenvalue weighted by molar-refractivity contribution is 9.10. The van der Waals surface area contributed by atoms with Crippen LogP contribution in [0.25, 0.3) is 11.0 Å². The molecule has 0 aliphatic carbocycles. The molecule has 66 valence electrons. The molecule has 0 spiro atoms. The quantitative estimate of drug-likeness (QED) is 0.732. The minimum absolute atomic E-state index is 0.287. The van der Waals surface area contributed by atoms with Crippen LogP contribution in [0.15, 0.2) is 27.1 Å². The Morgan fingerprint density at radius 2 is 2.15 bits per heavy atom. The van der Waals surface area contributed by atoms with Gasteiger partial charge in [-0.05, 0) is 18.2 Å². The maximum atomic E-state index is 10.4. The molecule has 0 aliphatic heterocycles. The Bertz CT molecular complexity index is 476. The molecule has 0 unspecified atom stereocenters. The zero-order valence-electron chi connectivity index (χ0n) is 6.38. The highest BCUT2D eigenvalue weighted by Crippen LogP contribution is 2.29. The van der Waals surface area contributed by atoms with Crippen LogP contribution in [0.4, 0.5) is 0 Å². The molecule has 1 heterocycles. The molecule has 0 saturated carbocycles. The van der Waals surface area contributed by atoms with Gasteiger partial charge in [0.1, 0.15) is 0 Å². The van der Waals surface area contributed by atoms with Crippen molar-refractivity contribution in [1.82, 2.24) is 0 Å². The predicted molar refractivity (Wildman–Crippen MR) is 54.3 cm³/mol. The molecule has 2 aromatic rings. The molecule has 2 rings (SSSR count). The van der Waals surface area contributed by atoms with Gasteiger partial charge in [0.25, 0.3) is 0 Å². The molecule has 2 nitrogen and oxygen atoms in total. The molecule has 0 N–H and O–H groups in total. The number of furan rings is 1. The maximum Gasteiger partial charge on any atom is 0.185 e. The SMILES string of the molecule is O=Cc1cc2cc(Br)cc(Cl)c2o1. The van der Waals surface area contributed by atoms with Gasteiger partial charge in [-0.1, -0.05) is 27.5 Å². The number of halogens is 2.